The first-order valence-corrected chi connectivity index (χ1v) is 6.70. The van der Waals surface area contributed by atoms with Gasteiger partial charge in [0.15, 0.2) is 9.84 Å². The van der Waals surface area contributed by atoms with Crippen LogP contribution < -0.4 is 0 Å². The number of carboxylic acids is 1. The average molecular weight is 240 g/mol. The molecule has 1 fully saturated rings. The fourth-order valence-corrected chi connectivity index (χ4v) is 3.62. The highest BCUT2D eigenvalue weighted by Gasteiger charge is 2.48. The molecule has 4 nitrogen and oxygen atoms in total. The minimum absolute atomic E-state index is 0.0226. The van der Waals surface area contributed by atoms with Crippen molar-refractivity contribution in [3.05, 3.63) is 35.9 Å². The fraction of sp³-hybridized carbons (Fsp3) is 0.364. The van der Waals surface area contributed by atoms with Crippen molar-refractivity contribution in [1.29, 1.82) is 0 Å². The molecule has 0 amide bonds. The zero-order valence-corrected chi connectivity index (χ0v) is 9.35. The molecule has 1 aliphatic carbocycles. The minimum Gasteiger partial charge on any atom is -0.480 e. The summed E-state index contributed by atoms with van der Waals surface area (Å²) in [5.74, 6) is -2.06. The Kier molecular flexibility index (Phi) is 2.71. The minimum atomic E-state index is -3.48. The Hall–Kier alpha value is -1.36. The average Bonchev–Trinajstić information content (AvgIpc) is 2.97. The molecule has 0 heterocycles. The Balaban J connectivity index is 2.10. The summed E-state index contributed by atoms with van der Waals surface area (Å²) in [7, 11) is -3.48. The summed E-state index contributed by atoms with van der Waals surface area (Å²) in [6.07, 6.45) is 0.541. The van der Waals surface area contributed by atoms with Crippen LogP contribution in [0.2, 0.25) is 0 Å². The molecule has 1 saturated carbocycles. The molecule has 2 unspecified atom stereocenters. The second kappa shape index (κ2) is 3.90. The van der Waals surface area contributed by atoms with Gasteiger partial charge in [0.25, 0.3) is 0 Å². The largest absolute Gasteiger partial charge is 0.480 e. The van der Waals surface area contributed by atoms with Gasteiger partial charge in [-0.3, -0.25) is 4.79 Å². The molecule has 16 heavy (non-hydrogen) atoms. The highest BCUT2D eigenvalue weighted by molar-refractivity contribution is 7.93. The van der Waals surface area contributed by atoms with E-state index in [0.29, 0.717) is 6.42 Å². The van der Waals surface area contributed by atoms with Crippen LogP contribution in [0.4, 0.5) is 0 Å². The second-order valence-corrected chi connectivity index (χ2v) is 6.21. The Labute approximate surface area is 93.8 Å². The van der Waals surface area contributed by atoms with Crippen molar-refractivity contribution in [1.82, 2.24) is 0 Å². The third kappa shape index (κ3) is 2.24. The van der Waals surface area contributed by atoms with E-state index >= 15 is 0 Å². The van der Waals surface area contributed by atoms with Crippen molar-refractivity contribution in [2.24, 2.45) is 0 Å². The van der Waals surface area contributed by atoms with Crippen LogP contribution >= 0.6 is 0 Å². The standard InChI is InChI=1S/C11H12O4S/c12-11(13)7-16(14,15)10-6-9(10)8-4-2-1-3-5-8/h1-5,9-10H,6-7H2,(H,12,13). The van der Waals surface area contributed by atoms with E-state index in [-0.39, 0.29) is 5.92 Å². The van der Waals surface area contributed by atoms with E-state index in [1.165, 1.54) is 0 Å². The number of sulfone groups is 1. The smallest absolute Gasteiger partial charge is 0.318 e. The van der Waals surface area contributed by atoms with Crippen molar-refractivity contribution < 1.29 is 18.3 Å². The molecule has 0 bridgehead atoms. The summed E-state index contributed by atoms with van der Waals surface area (Å²) in [5.41, 5.74) is 0.974. The first-order valence-electron chi connectivity index (χ1n) is 4.99. The number of carboxylic acid groups (broad SMARTS) is 1. The molecule has 0 spiro atoms. The van der Waals surface area contributed by atoms with Crippen molar-refractivity contribution in [3.63, 3.8) is 0 Å². The van der Waals surface area contributed by atoms with Crippen LogP contribution in [0.5, 0.6) is 0 Å². The van der Waals surface area contributed by atoms with Crippen molar-refractivity contribution >= 4 is 15.8 Å². The molecule has 0 radical (unpaired) electrons. The van der Waals surface area contributed by atoms with Gasteiger partial charge in [0.05, 0.1) is 5.25 Å². The van der Waals surface area contributed by atoms with E-state index in [1.807, 2.05) is 30.3 Å². The normalized spacial score (nSPS) is 24.0. The maximum atomic E-state index is 11.6. The van der Waals surface area contributed by atoms with Gasteiger partial charge in [-0.2, -0.15) is 0 Å². The Morgan fingerprint density at radius 1 is 1.31 bits per heavy atom. The third-order valence-corrected chi connectivity index (χ3v) is 4.84. The molecule has 0 saturated heterocycles. The first kappa shape index (κ1) is 11.1. The summed E-state index contributed by atoms with van der Waals surface area (Å²) < 4.78 is 23.2. The SMILES string of the molecule is O=C(O)CS(=O)(=O)C1CC1c1ccccc1. The van der Waals surface area contributed by atoms with Gasteiger partial charge in [-0.1, -0.05) is 30.3 Å². The molecule has 1 N–H and O–H groups in total. The van der Waals surface area contributed by atoms with Gasteiger partial charge < -0.3 is 5.11 Å². The van der Waals surface area contributed by atoms with Crippen molar-refractivity contribution in [2.75, 3.05) is 5.75 Å². The Morgan fingerprint density at radius 3 is 2.50 bits per heavy atom. The summed E-state index contributed by atoms with van der Waals surface area (Å²) in [4.78, 5) is 10.4. The monoisotopic (exact) mass is 240 g/mol. The van der Waals surface area contributed by atoms with Gasteiger partial charge in [-0.15, -0.1) is 0 Å². The zero-order valence-electron chi connectivity index (χ0n) is 8.54. The summed E-state index contributed by atoms with van der Waals surface area (Å²) in [6.45, 7) is 0. The van der Waals surface area contributed by atoms with Crippen LogP contribution in [0.25, 0.3) is 0 Å². The van der Waals surface area contributed by atoms with Gasteiger partial charge in [0.1, 0.15) is 5.75 Å². The van der Waals surface area contributed by atoms with Gasteiger partial charge in [-0.25, -0.2) is 8.42 Å². The highest BCUT2D eigenvalue weighted by Crippen LogP contribution is 2.45. The van der Waals surface area contributed by atoms with E-state index in [2.05, 4.69) is 0 Å². The molecule has 1 aromatic rings. The maximum absolute atomic E-state index is 11.6. The molecule has 0 aliphatic heterocycles. The first-order chi connectivity index (χ1) is 7.50. The maximum Gasteiger partial charge on any atom is 0.318 e. The van der Waals surface area contributed by atoms with Crippen molar-refractivity contribution in [2.45, 2.75) is 17.6 Å². The zero-order chi connectivity index (χ0) is 11.8. The number of aliphatic carboxylic acids is 1. The quantitative estimate of drug-likeness (QED) is 0.853. The number of benzene rings is 1. The lowest BCUT2D eigenvalue weighted by atomic mass is 10.1. The van der Waals surface area contributed by atoms with Crippen LogP contribution in [0.15, 0.2) is 30.3 Å². The predicted octanol–water partition coefficient (Wildman–Crippen LogP) is 1.04. The second-order valence-electron chi connectivity index (χ2n) is 3.99. The van der Waals surface area contributed by atoms with Crippen molar-refractivity contribution in [3.8, 4) is 0 Å². The third-order valence-electron chi connectivity index (χ3n) is 2.75. The number of rotatable bonds is 4. The lowest BCUT2D eigenvalue weighted by molar-refractivity contribution is -0.134. The lowest BCUT2D eigenvalue weighted by Crippen LogP contribution is -2.19. The molecule has 1 aliphatic rings. The summed E-state index contributed by atoms with van der Waals surface area (Å²) in [6, 6.07) is 9.33. The topological polar surface area (TPSA) is 71.4 Å². The van der Waals surface area contributed by atoms with Crippen LogP contribution in [0.1, 0.15) is 17.9 Å². The Morgan fingerprint density at radius 2 is 1.94 bits per heavy atom. The van der Waals surface area contributed by atoms with Crippen LogP contribution in [-0.4, -0.2) is 30.5 Å². The van der Waals surface area contributed by atoms with E-state index in [4.69, 9.17) is 5.11 Å². The van der Waals surface area contributed by atoms with E-state index in [9.17, 15) is 13.2 Å². The molecule has 1 aromatic carbocycles. The lowest BCUT2D eigenvalue weighted by Gasteiger charge is -2.00. The number of carbonyl (C=O) groups is 1. The summed E-state index contributed by atoms with van der Waals surface area (Å²) in [5, 5.41) is 8.00. The van der Waals surface area contributed by atoms with Crippen LogP contribution in [0.3, 0.4) is 0 Å². The molecule has 86 valence electrons. The van der Waals surface area contributed by atoms with Gasteiger partial charge in [-0.05, 0) is 12.0 Å². The summed E-state index contributed by atoms with van der Waals surface area (Å²) >= 11 is 0. The van der Waals surface area contributed by atoms with E-state index in [0.717, 1.165) is 5.56 Å². The molecule has 0 aromatic heterocycles. The predicted molar refractivity (Wildman–Crippen MR) is 59.0 cm³/mol. The van der Waals surface area contributed by atoms with Gasteiger partial charge in [0.2, 0.25) is 0 Å². The highest BCUT2D eigenvalue weighted by atomic mass is 32.2. The van der Waals surface area contributed by atoms with Gasteiger partial charge >= 0.3 is 5.97 Å². The molecule has 2 atom stereocenters. The molecular formula is C11H12O4S. The van der Waals surface area contributed by atoms with Crippen LogP contribution in [0, 0.1) is 0 Å². The Bertz CT molecular complexity index is 492. The molecular weight excluding hydrogens is 228 g/mol. The fourth-order valence-electron chi connectivity index (χ4n) is 1.90. The molecule has 2 rings (SSSR count). The van der Waals surface area contributed by atoms with Gasteiger partial charge in [0, 0.05) is 5.92 Å². The van der Waals surface area contributed by atoms with E-state index < -0.39 is 26.8 Å². The number of hydrogen-bond donors (Lipinski definition) is 1. The van der Waals surface area contributed by atoms with Crippen LogP contribution in [-0.2, 0) is 14.6 Å². The van der Waals surface area contributed by atoms with E-state index in [1.54, 1.807) is 0 Å². The molecule has 5 heteroatoms. The number of hydrogen-bond acceptors (Lipinski definition) is 3.